The summed E-state index contributed by atoms with van der Waals surface area (Å²) < 4.78 is 0. The van der Waals surface area contributed by atoms with Crippen LogP contribution in [0.4, 0.5) is 0 Å². The molecule has 248 valence electrons. The number of carboxylic acid groups (broad SMARTS) is 3. The van der Waals surface area contributed by atoms with Gasteiger partial charge in [-0.05, 0) is 151 Å². The van der Waals surface area contributed by atoms with Crippen LogP contribution in [0.3, 0.4) is 0 Å². The number of carbonyl (C=O) groups is 3. The van der Waals surface area contributed by atoms with E-state index in [2.05, 4.69) is 99.0 Å². The summed E-state index contributed by atoms with van der Waals surface area (Å²) in [7, 11) is 0. The van der Waals surface area contributed by atoms with Gasteiger partial charge in [0.2, 0.25) is 0 Å². The van der Waals surface area contributed by atoms with Gasteiger partial charge in [0.05, 0.1) is 5.92 Å². The third-order valence-electron chi connectivity index (χ3n) is 10.7. The lowest BCUT2D eigenvalue weighted by molar-refractivity contribution is -0.181. The van der Waals surface area contributed by atoms with Crippen LogP contribution in [0.2, 0.25) is 0 Å². The van der Waals surface area contributed by atoms with E-state index in [1.807, 2.05) is 0 Å². The van der Waals surface area contributed by atoms with E-state index in [0.29, 0.717) is 0 Å². The molecule has 9 nitrogen and oxygen atoms in total. The first-order chi connectivity index (χ1) is 19.1. The molecule has 0 aromatic carbocycles. The summed E-state index contributed by atoms with van der Waals surface area (Å²) in [5.74, 6) is -7.21. The Morgan fingerprint density at radius 3 is 0.953 bits per heavy atom. The van der Waals surface area contributed by atoms with Crippen molar-refractivity contribution in [2.45, 2.75) is 161 Å². The average molecular weight is 608 g/mol. The molecule has 6 N–H and O–H groups in total. The third kappa shape index (κ3) is 7.93. The molecule has 0 bridgehead atoms. The molecule has 1 unspecified atom stereocenters. The van der Waals surface area contributed by atoms with Gasteiger partial charge in [0.1, 0.15) is 0 Å². The standard InChI is InChI=1S/C34H61N3O6/c1-28(2)14-20(15-29(3,4)35-28)34(21-16-30(5,6)36-31(7,8)17-21,22-18-32(9,10)37-33(11,12)19-22)24(27(42)43)13-23(25(38)39)26(40)41/h20-24,35-37H,13-19H2,1-12H3,(H,38,39)(H,40,41)(H,42,43). The monoisotopic (exact) mass is 607 g/mol. The summed E-state index contributed by atoms with van der Waals surface area (Å²) in [6, 6.07) is 0. The van der Waals surface area contributed by atoms with E-state index in [9.17, 15) is 29.7 Å². The van der Waals surface area contributed by atoms with Crippen molar-refractivity contribution in [3.8, 4) is 0 Å². The van der Waals surface area contributed by atoms with Gasteiger partial charge in [0, 0.05) is 33.2 Å². The molecular weight excluding hydrogens is 546 g/mol. The highest BCUT2D eigenvalue weighted by Gasteiger charge is 2.64. The average Bonchev–Trinajstić information content (AvgIpc) is 2.68. The van der Waals surface area contributed by atoms with Gasteiger partial charge in [0.25, 0.3) is 0 Å². The highest BCUT2D eigenvalue weighted by Crippen LogP contribution is 2.64. The summed E-state index contributed by atoms with van der Waals surface area (Å²) in [6.45, 7) is 26.1. The van der Waals surface area contributed by atoms with E-state index in [0.717, 1.165) is 38.5 Å². The topological polar surface area (TPSA) is 148 Å². The Bertz CT molecular complexity index is 937. The molecule has 1 atom stereocenters. The fourth-order valence-electron chi connectivity index (χ4n) is 10.9. The molecule has 3 rings (SSSR count). The highest BCUT2D eigenvalue weighted by atomic mass is 16.4. The van der Waals surface area contributed by atoms with Gasteiger partial charge in [-0.2, -0.15) is 0 Å². The second-order valence-electron chi connectivity index (χ2n) is 18.3. The van der Waals surface area contributed by atoms with Crippen LogP contribution < -0.4 is 16.0 Å². The van der Waals surface area contributed by atoms with E-state index in [1.165, 1.54) is 0 Å². The molecule has 0 aromatic heterocycles. The van der Waals surface area contributed by atoms with Crippen LogP contribution in [0.25, 0.3) is 0 Å². The number of carboxylic acids is 3. The van der Waals surface area contributed by atoms with Crippen LogP contribution in [0.15, 0.2) is 0 Å². The Kier molecular flexibility index (Phi) is 9.37. The molecule has 0 amide bonds. The minimum Gasteiger partial charge on any atom is -0.481 e. The molecule has 0 saturated carbocycles. The van der Waals surface area contributed by atoms with Crippen LogP contribution in [0.1, 0.15) is 128 Å². The van der Waals surface area contributed by atoms with Crippen LogP contribution >= 0.6 is 0 Å². The minimum atomic E-state index is -1.80. The predicted molar refractivity (Wildman–Crippen MR) is 169 cm³/mol. The van der Waals surface area contributed by atoms with Crippen molar-refractivity contribution < 1.29 is 29.7 Å². The van der Waals surface area contributed by atoms with Crippen molar-refractivity contribution in [3.05, 3.63) is 0 Å². The number of piperidine rings is 3. The summed E-state index contributed by atoms with van der Waals surface area (Å²) in [4.78, 5) is 38.5. The largest absolute Gasteiger partial charge is 0.481 e. The quantitative estimate of drug-likeness (QED) is 0.186. The van der Waals surface area contributed by atoms with E-state index < -0.39 is 41.6 Å². The Labute approximate surface area is 259 Å². The number of hydrogen-bond donors (Lipinski definition) is 6. The van der Waals surface area contributed by atoms with Crippen molar-refractivity contribution in [1.29, 1.82) is 0 Å². The molecule has 0 spiro atoms. The van der Waals surface area contributed by atoms with Gasteiger partial charge in [-0.25, -0.2) is 0 Å². The van der Waals surface area contributed by atoms with Crippen LogP contribution in [0.5, 0.6) is 0 Å². The van der Waals surface area contributed by atoms with Gasteiger partial charge < -0.3 is 31.3 Å². The highest BCUT2D eigenvalue weighted by molar-refractivity contribution is 5.93. The zero-order chi connectivity index (χ0) is 33.2. The lowest BCUT2D eigenvalue weighted by atomic mass is 9.43. The van der Waals surface area contributed by atoms with Crippen LogP contribution in [-0.2, 0) is 14.4 Å². The van der Waals surface area contributed by atoms with Gasteiger partial charge in [-0.1, -0.05) is 0 Å². The fraction of sp³-hybridized carbons (Fsp3) is 0.912. The van der Waals surface area contributed by atoms with E-state index >= 15 is 0 Å². The Balaban J connectivity index is 2.47. The van der Waals surface area contributed by atoms with Crippen molar-refractivity contribution in [2.24, 2.45) is 35.0 Å². The number of aliphatic carboxylic acids is 3. The molecule has 0 aromatic rings. The third-order valence-corrected chi connectivity index (χ3v) is 10.7. The summed E-state index contributed by atoms with van der Waals surface area (Å²) in [5, 5.41) is 42.8. The fourth-order valence-corrected chi connectivity index (χ4v) is 10.9. The second kappa shape index (κ2) is 11.3. The van der Waals surface area contributed by atoms with Crippen molar-refractivity contribution in [3.63, 3.8) is 0 Å². The zero-order valence-electron chi connectivity index (χ0n) is 28.9. The maximum atomic E-state index is 13.8. The van der Waals surface area contributed by atoms with Crippen LogP contribution in [0, 0.1) is 35.0 Å². The molecule has 3 fully saturated rings. The zero-order valence-corrected chi connectivity index (χ0v) is 28.9. The number of nitrogens with one attached hydrogen (secondary N) is 3. The van der Waals surface area contributed by atoms with Crippen molar-refractivity contribution >= 4 is 17.9 Å². The maximum Gasteiger partial charge on any atom is 0.317 e. The maximum absolute atomic E-state index is 13.8. The molecular formula is C34H61N3O6. The Morgan fingerprint density at radius 1 is 0.535 bits per heavy atom. The Hall–Kier alpha value is -1.71. The molecule has 3 heterocycles. The normalized spacial score (nSPS) is 27.8. The van der Waals surface area contributed by atoms with Crippen molar-refractivity contribution in [1.82, 2.24) is 16.0 Å². The lowest BCUT2D eigenvalue weighted by Gasteiger charge is -2.65. The molecule has 3 aliphatic rings. The molecule has 9 heteroatoms. The SMILES string of the molecule is CC1(C)CC(C(C2CC(C)(C)NC(C)(C)C2)(C2CC(C)(C)NC(C)(C)C2)C(CC(C(=O)O)C(=O)O)C(=O)O)CC(C)(C)N1. The van der Waals surface area contributed by atoms with Gasteiger partial charge in [0.15, 0.2) is 5.92 Å². The first kappa shape index (κ1) is 35.8. The van der Waals surface area contributed by atoms with Crippen LogP contribution in [-0.4, -0.2) is 66.5 Å². The second-order valence-corrected chi connectivity index (χ2v) is 18.3. The Morgan fingerprint density at radius 2 is 0.767 bits per heavy atom. The number of hydrogen-bond acceptors (Lipinski definition) is 6. The van der Waals surface area contributed by atoms with Gasteiger partial charge in [-0.15, -0.1) is 0 Å². The van der Waals surface area contributed by atoms with E-state index in [4.69, 9.17) is 0 Å². The number of rotatable bonds is 9. The molecule has 43 heavy (non-hydrogen) atoms. The molecule has 3 saturated heterocycles. The van der Waals surface area contributed by atoms with E-state index in [-0.39, 0.29) is 51.0 Å². The predicted octanol–water partition coefficient (Wildman–Crippen LogP) is 5.52. The smallest absolute Gasteiger partial charge is 0.317 e. The summed E-state index contributed by atoms with van der Waals surface area (Å²) >= 11 is 0. The first-order valence-corrected chi connectivity index (χ1v) is 16.2. The molecule has 0 aliphatic carbocycles. The van der Waals surface area contributed by atoms with Gasteiger partial charge >= 0.3 is 17.9 Å². The molecule has 3 aliphatic heterocycles. The minimum absolute atomic E-state index is 0.0764. The lowest BCUT2D eigenvalue weighted by Crippen LogP contribution is -2.70. The van der Waals surface area contributed by atoms with Gasteiger partial charge in [-0.3, -0.25) is 14.4 Å². The van der Waals surface area contributed by atoms with E-state index in [1.54, 1.807) is 0 Å². The summed E-state index contributed by atoms with van der Waals surface area (Å²) in [5.41, 5.74) is -2.64. The van der Waals surface area contributed by atoms with Crippen molar-refractivity contribution in [2.75, 3.05) is 0 Å². The molecule has 0 radical (unpaired) electrons. The first-order valence-electron chi connectivity index (χ1n) is 16.2. The summed E-state index contributed by atoms with van der Waals surface area (Å²) in [6.07, 6.45) is 3.91.